The van der Waals surface area contributed by atoms with Crippen LogP contribution in [0.25, 0.3) is 17.1 Å². The average Bonchev–Trinajstić information content (AvgIpc) is 3.21. The molecule has 0 saturated heterocycles. The molecule has 6 nitrogen and oxygen atoms in total. The smallest absolute Gasteiger partial charge is 0.295 e. The minimum atomic E-state index is -0.409. The lowest BCUT2D eigenvalue weighted by Crippen LogP contribution is -2.14. The molecular formula is C22H16BrClN4O2. The quantitative estimate of drug-likeness (QED) is 0.400. The van der Waals surface area contributed by atoms with Gasteiger partial charge in [-0.2, -0.15) is 0 Å². The van der Waals surface area contributed by atoms with Crippen LogP contribution in [0.4, 0.5) is 5.69 Å². The van der Waals surface area contributed by atoms with E-state index in [2.05, 4.69) is 31.3 Å². The zero-order valence-electron chi connectivity index (χ0n) is 15.8. The molecule has 8 heteroatoms. The normalized spacial score (nSPS) is 10.6. The summed E-state index contributed by atoms with van der Waals surface area (Å²) >= 11 is 9.54. The Labute approximate surface area is 186 Å². The van der Waals surface area contributed by atoms with Crippen LogP contribution >= 0.6 is 27.5 Å². The Morgan fingerprint density at radius 2 is 1.80 bits per heavy atom. The Bertz CT molecular complexity index is 1190. The van der Waals surface area contributed by atoms with Crippen LogP contribution in [-0.2, 0) is 0 Å². The zero-order valence-corrected chi connectivity index (χ0v) is 18.2. The summed E-state index contributed by atoms with van der Waals surface area (Å²) in [6, 6.07) is 21.9. The number of carbonyl (C=O) groups is 1. The predicted octanol–water partition coefficient (Wildman–Crippen LogP) is 5.61. The van der Waals surface area contributed by atoms with Crippen molar-refractivity contribution in [2.75, 3.05) is 12.4 Å². The molecule has 3 aromatic carbocycles. The molecule has 4 rings (SSSR count). The fourth-order valence-electron chi connectivity index (χ4n) is 2.85. The highest BCUT2D eigenvalue weighted by molar-refractivity contribution is 9.10. The van der Waals surface area contributed by atoms with Gasteiger partial charge in [-0.05, 0) is 60.7 Å². The summed E-state index contributed by atoms with van der Waals surface area (Å²) in [5.41, 5.74) is 2.13. The third kappa shape index (κ3) is 4.37. The molecule has 0 atom stereocenters. The van der Waals surface area contributed by atoms with Crippen LogP contribution in [0, 0.1) is 0 Å². The van der Waals surface area contributed by atoms with Crippen molar-refractivity contribution in [2.45, 2.75) is 0 Å². The highest BCUT2D eigenvalue weighted by Gasteiger charge is 2.19. The Morgan fingerprint density at radius 3 is 2.47 bits per heavy atom. The van der Waals surface area contributed by atoms with Gasteiger partial charge in [0.05, 0.1) is 12.8 Å². The van der Waals surface area contributed by atoms with Gasteiger partial charge in [0.2, 0.25) is 5.82 Å². The van der Waals surface area contributed by atoms with E-state index < -0.39 is 5.91 Å². The molecule has 4 aromatic rings. The minimum Gasteiger partial charge on any atom is -0.497 e. The first-order chi connectivity index (χ1) is 14.5. The predicted molar refractivity (Wildman–Crippen MR) is 120 cm³/mol. The number of benzene rings is 3. The third-order valence-corrected chi connectivity index (χ3v) is 5.08. The largest absolute Gasteiger partial charge is 0.497 e. The van der Waals surface area contributed by atoms with E-state index in [-0.39, 0.29) is 5.82 Å². The Hall–Kier alpha value is -3.16. The van der Waals surface area contributed by atoms with E-state index in [0.29, 0.717) is 16.5 Å². The van der Waals surface area contributed by atoms with Crippen LogP contribution < -0.4 is 10.1 Å². The lowest BCUT2D eigenvalue weighted by atomic mass is 10.2. The summed E-state index contributed by atoms with van der Waals surface area (Å²) in [7, 11) is 1.60. The van der Waals surface area contributed by atoms with Crippen LogP contribution in [0.1, 0.15) is 10.6 Å². The number of nitrogens with one attached hydrogen (secondary N) is 1. The van der Waals surface area contributed by atoms with E-state index in [0.717, 1.165) is 21.5 Å². The van der Waals surface area contributed by atoms with Gasteiger partial charge in [-0.25, -0.2) is 9.67 Å². The molecule has 1 N–H and O–H groups in total. The summed E-state index contributed by atoms with van der Waals surface area (Å²) in [6.45, 7) is 0. The van der Waals surface area contributed by atoms with Gasteiger partial charge in [0.1, 0.15) is 5.75 Å². The Balaban J connectivity index is 1.74. The molecule has 30 heavy (non-hydrogen) atoms. The van der Waals surface area contributed by atoms with Gasteiger partial charge in [0.15, 0.2) is 5.82 Å². The molecule has 0 unspecified atom stereocenters. The third-order valence-electron chi connectivity index (χ3n) is 4.31. The van der Waals surface area contributed by atoms with Crippen molar-refractivity contribution < 1.29 is 9.53 Å². The van der Waals surface area contributed by atoms with Crippen molar-refractivity contribution in [3.8, 4) is 22.8 Å². The van der Waals surface area contributed by atoms with Crippen LogP contribution in [-0.4, -0.2) is 27.8 Å². The van der Waals surface area contributed by atoms with Gasteiger partial charge in [0.25, 0.3) is 5.91 Å². The maximum absolute atomic E-state index is 12.8. The fraction of sp³-hybridized carbons (Fsp3) is 0.0455. The molecule has 1 amide bonds. The second kappa shape index (κ2) is 8.69. The first-order valence-electron chi connectivity index (χ1n) is 8.98. The van der Waals surface area contributed by atoms with Gasteiger partial charge in [-0.15, -0.1) is 5.10 Å². The first kappa shape index (κ1) is 20.1. The Morgan fingerprint density at radius 1 is 1.07 bits per heavy atom. The number of aromatic nitrogens is 3. The van der Waals surface area contributed by atoms with Gasteiger partial charge in [-0.1, -0.05) is 39.7 Å². The number of rotatable bonds is 5. The van der Waals surface area contributed by atoms with E-state index >= 15 is 0 Å². The number of methoxy groups -OCH3 is 1. The average molecular weight is 484 g/mol. The SMILES string of the molecule is COc1ccc(-n2nc(C(=O)Nc3ccc(Br)cc3)nc2-c2cccc(Cl)c2)cc1. The zero-order chi connectivity index (χ0) is 21.1. The van der Waals surface area contributed by atoms with Crippen LogP contribution in [0.3, 0.4) is 0 Å². The molecule has 150 valence electrons. The summed E-state index contributed by atoms with van der Waals surface area (Å²) in [5, 5.41) is 7.84. The molecule has 0 aliphatic rings. The lowest BCUT2D eigenvalue weighted by molar-refractivity contribution is 0.101. The minimum absolute atomic E-state index is 0.0451. The summed E-state index contributed by atoms with van der Waals surface area (Å²) < 4.78 is 7.76. The first-order valence-corrected chi connectivity index (χ1v) is 10.1. The molecule has 0 aliphatic carbocycles. The number of ether oxygens (including phenoxy) is 1. The fourth-order valence-corrected chi connectivity index (χ4v) is 3.30. The van der Waals surface area contributed by atoms with E-state index in [4.69, 9.17) is 16.3 Å². The van der Waals surface area contributed by atoms with Crippen molar-refractivity contribution in [2.24, 2.45) is 0 Å². The molecule has 0 spiro atoms. The maximum atomic E-state index is 12.8. The Kier molecular flexibility index (Phi) is 5.83. The van der Waals surface area contributed by atoms with E-state index in [1.54, 1.807) is 36.1 Å². The molecule has 0 bridgehead atoms. The van der Waals surface area contributed by atoms with Gasteiger partial charge >= 0.3 is 0 Å². The van der Waals surface area contributed by atoms with Crippen molar-refractivity contribution in [3.05, 3.63) is 88.1 Å². The number of hydrogen-bond donors (Lipinski definition) is 1. The number of halogens is 2. The van der Waals surface area contributed by atoms with Crippen LogP contribution in [0.15, 0.2) is 77.3 Å². The highest BCUT2D eigenvalue weighted by atomic mass is 79.9. The second-order valence-electron chi connectivity index (χ2n) is 6.34. The van der Waals surface area contributed by atoms with Crippen molar-refractivity contribution >= 4 is 39.1 Å². The summed E-state index contributed by atoms with van der Waals surface area (Å²) in [6.07, 6.45) is 0. The number of amides is 1. The monoisotopic (exact) mass is 482 g/mol. The van der Waals surface area contributed by atoms with Gasteiger partial charge in [0, 0.05) is 20.7 Å². The van der Waals surface area contributed by atoms with Crippen LogP contribution in [0.2, 0.25) is 5.02 Å². The van der Waals surface area contributed by atoms with Gasteiger partial charge in [-0.3, -0.25) is 4.79 Å². The van der Waals surface area contributed by atoms with Crippen molar-refractivity contribution in [1.82, 2.24) is 14.8 Å². The number of hydrogen-bond acceptors (Lipinski definition) is 4. The molecule has 1 aromatic heterocycles. The summed E-state index contributed by atoms with van der Waals surface area (Å²) in [5.74, 6) is 0.858. The topological polar surface area (TPSA) is 69.0 Å². The molecule has 0 radical (unpaired) electrons. The molecule has 0 fully saturated rings. The lowest BCUT2D eigenvalue weighted by Gasteiger charge is -2.07. The van der Waals surface area contributed by atoms with Crippen LogP contribution in [0.5, 0.6) is 5.75 Å². The summed E-state index contributed by atoms with van der Waals surface area (Å²) in [4.78, 5) is 17.3. The van der Waals surface area contributed by atoms with E-state index in [9.17, 15) is 4.79 Å². The maximum Gasteiger partial charge on any atom is 0.295 e. The number of nitrogens with zero attached hydrogens (tertiary/aromatic N) is 3. The second-order valence-corrected chi connectivity index (χ2v) is 7.69. The molecule has 1 heterocycles. The van der Waals surface area contributed by atoms with E-state index in [1.165, 1.54) is 0 Å². The molecular weight excluding hydrogens is 468 g/mol. The van der Waals surface area contributed by atoms with Crippen molar-refractivity contribution in [3.63, 3.8) is 0 Å². The standard InChI is InChI=1S/C22H16BrClN4O2/c1-30-19-11-9-18(10-12-19)28-21(14-3-2-4-16(24)13-14)26-20(27-28)22(29)25-17-7-5-15(23)6-8-17/h2-13H,1H3,(H,25,29). The van der Waals surface area contributed by atoms with E-state index in [1.807, 2.05) is 48.5 Å². The molecule has 0 aliphatic heterocycles. The molecule has 0 saturated carbocycles. The number of anilines is 1. The highest BCUT2D eigenvalue weighted by Crippen LogP contribution is 2.25. The number of carbonyl (C=O) groups excluding carboxylic acids is 1. The van der Waals surface area contributed by atoms with Crippen molar-refractivity contribution in [1.29, 1.82) is 0 Å². The van der Waals surface area contributed by atoms with Gasteiger partial charge < -0.3 is 10.1 Å².